The third kappa shape index (κ3) is 5.37. The topological polar surface area (TPSA) is 35.5 Å². The molecule has 1 aliphatic rings. The molecule has 27 heavy (non-hydrogen) atoms. The van der Waals surface area contributed by atoms with Gasteiger partial charge in [0.05, 0.1) is 13.0 Å². The van der Waals surface area contributed by atoms with Gasteiger partial charge in [-0.2, -0.15) is 0 Å². The fourth-order valence-electron chi connectivity index (χ4n) is 3.43. The highest BCUT2D eigenvalue weighted by atomic mass is 16.5. The van der Waals surface area contributed by atoms with Crippen LogP contribution in [0, 0.1) is 23.7 Å². The minimum absolute atomic E-state index is 0.0438. The molecule has 2 aromatic carbocycles. The minimum Gasteiger partial charge on any atom is -0.497 e. The molecule has 0 bridgehead atoms. The number of hydrogen-bond donors (Lipinski definition) is 0. The van der Waals surface area contributed by atoms with Crippen molar-refractivity contribution in [1.82, 2.24) is 0 Å². The molecule has 1 fully saturated rings. The fourth-order valence-corrected chi connectivity index (χ4v) is 3.43. The van der Waals surface area contributed by atoms with Gasteiger partial charge in [0.2, 0.25) is 0 Å². The molecule has 0 heterocycles. The molecule has 3 rings (SSSR count). The van der Waals surface area contributed by atoms with Crippen molar-refractivity contribution >= 4 is 5.97 Å². The Bertz CT molecular complexity index is 801. The summed E-state index contributed by atoms with van der Waals surface area (Å²) in [7, 11) is 1.64. The van der Waals surface area contributed by atoms with Gasteiger partial charge in [0, 0.05) is 11.1 Å². The molecule has 3 heteroatoms. The van der Waals surface area contributed by atoms with Gasteiger partial charge in [-0.15, -0.1) is 0 Å². The Morgan fingerprint density at radius 3 is 1.89 bits per heavy atom. The minimum atomic E-state index is -0.0957. The van der Waals surface area contributed by atoms with E-state index in [1.165, 1.54) is 6.42 Å². The normalized spacial score (nSPS) is 18.9. The number of hydrogen-bond acceptors (Lipinski definition) is 3. The van der Waals surface area contributed by atoms with E-state index in [1.54, 1.807) is 7.11 Å². The molecule has 3 nitrogen and oxygen atoms in total. The van der Waals surface area contributed by atoms with Crippen LogP contribution in [-0.2, 0) is 4.79 Å². The van der Waals surface area contributed by atoms with Crippen LogP contribution in [0.5, 0.6) is 11.5 Å². The van der Waals surface area contributed by atoms with E-state index >= 15 is 0 Å². The molecule has 0 aromatic heterocycles. The third-order valence-electron chi connectivity index (χ3n) is 5.27. The summed E-state index contributed by atoms with van der Waals surface area (Å²) in [6, 6.07) is 15.0. The van der Waals surface area contributed by atoms with Crippen LogP contribution >= 0.6 is 0 Å². The Labute approximate surface area is 161 Å². The Morgan fingerprint density at radius 1 is 0.889 bits per heavy atom. The first-order valence-electron chi connectivity index (χ1n) is 9.65. The fraction of sp³-hybridized carbons (Fsp3) is 0.375. The van der Waals surface area contributed by atoms with Gasteiger partial charge in [-0.3, -0.25) is 4.79 Å². The summed E-state index contributed by atoms with van der Waals surface area (Å²) in [5.74, 6) is 8.37. The first-order chi connectivity index (χ1) is 13.2. The first kappa shape index (κ1) is 19.0. The average Bonchev–Trinajstić information content (AvgIpc) is 2.73. The first-order valence-corrected chi connectivity index (χ1v) is 9.65. The maximum atomic E-state index is 12.4. The molecule has 1 aliphatic carbocycles. The number of benzene rings is 2. The molecule has 2 aromatic rings. The lowest BCUT2D eigenvalue weighted by atomic mass is 9.81. The van der Waals surface area contributed by atoms with Crippen molar-refractivity contribution in [3.05, 3.63) is 59.7 Å². The molecule has 140 valence electrons. The average molecular weight is 362 g/mol. The zero-order valence-electron chi connectivity index (χ0n) is 16.0. The van der Waals surface area contributed by atoms with Gasteiger partial charge >= 0.3 is 5.97 Å². The molecule has 0 N–H and O–H groups in total. The summed E-state index contributed by atoms with van der Waals surface area (Å²) in [5, 5.41) is 0. The zero-order chi connectivity index (χ0) is 19.1. The second kappa shape index (κ2) is 9.28. The van der Waals surface area contributed by atoms with Crippen molar-refractivity contribution in [1.29, 1.82) is 0 Å². The molecule has 0 unspecified atom stereocenters. The highest BCUT2D eigenvalue weighted by molar-refractivity contribution is 5.75. The van der Waals surface area contributed by atoms with Crippen LogP contribution in [0.4, 0.5) is 0 Å². The van der Waals surface area contributed by atoms with Crippen LogP contribution in [0.2, 0.25) is 0 Å². The summed E-state index contributed by atoms with van der Waals surface area (Å²) < 4.78 is 10.7. The largest absolute Gasteiger partial charge is 0.497 e. The Kier molecular flexibility index (Phi) is 6.54. The summed E-state index contributed by atoms with van der Waals surface area (Å²) in [5.41, 5.74) is 1.81. The predicted octanol–water partition coefficient (Wildman–Crippen LogP) is 5.22. The van der Waals surface area contributed by atoms with Gasteiger partial charge in [0.15, 0.2) is 0 Å². The Morgan fingerprint density at radius 2 is 1.41 bits per heavy atom. The van der Waals surface area contributed by atoms with E-state index in [0.717, 1.165) is 48.5 Å². The van der Waals surface area contributed by atoms with Crippen molar-refractivity contribution < 1.29 is 14.3 Å². The molecular weight excluding hydrogens is 336 g/mol. The Hall–Kier alpha value is -2.73. The smallest absolute Gasteiger partial charge is 0.314 e. The highest BCUT2D eigenvalue weighted by Crippen LogP contribution is 2.31. The number of methoxy groups -OCH3 is 1. The molecule has 0 radical (unpaired) electrons. The SMILES string of the molecule is CCC1CCC(C(=O)Oc2ccc(C#Cc3ccc(OC)cc3)cc2)CC1. The van der Waals surface area contributed by atoms with E-state index < -0.39 is 0 Å². The molecule has 1 saturated carbocycles. The van der Waals surface area contributed by atoms with Gasteiger partial charge in [-0.05, 0) is 80.1 Å². The zero-order valence-corrected chi connectivity index (χ0v) is 16.0. The van der Waals surface area contributed by atoms with Crippen molar-refractivity contribution in [2.75, 3.05) is 7.11 Å². The van der Waals surface area contributed by atoms with Crippen LogP contribution in [0.3, 0.4) is 0 Å². The lowest BCUT2D eigenvalue weighted by Gasteiger charge is -2.26. The van der Waals surface area contributed by atoms with Crippen LogP contribution in [0.25, 0.3) is 0 Å². The van der Waals surface area contributed by atoms with E-state index in [9.17, 15) is 4.79 Å². The summed E-state index contributed by atoms with van der Waals surface area (Å²) >= 11 is 0. The monoisotopic (exact) mass is 362 g/mol. The molecule has 0 saturated heterocycles. The lowest BCUT2D eigenvalue weighted by Crippen LogP contribution is -2.25. The van der Waals surface area contributed by atoms with E-state index in [4.69, 9.17) is 9.47 Å². The standard InChI is InChI=1S/C24H26O3/c1-3-18-6-12-21(13-7-18)24(25)27-23-16-10-20(11-17-23)5-4-19-8-14-22(26-2)15-9-19/h8-11,14-18,21H,3,6-7,12-13H2,1-2H3. The van der Waals surface area contributed by atoms with Crippen LogP contribution in [0.1, 0.15) is 50.2 Å². The summed E-state index contributed by atoms with van der Waals surface area (Å²) in [6.07, 6.45) is 5.37. The lowest BCUT2D eigenvalue weighted by molar-refractivity contribution is -0.140. The Balaban J connectivity index is 1.56. The van der Waals surface area contributed by atoms with E-state index in [0.29, 0.717) is 5.75 Å². The van der Waals surface area contributed by atoms with E-state index in [2.05, 4.69) is 18.8 Å². The van der Waals surface area contributed by atoms with E-state index in [1.807, 2.05) is 48.5 Å². The third-order valence-corrected chi connectivity index (χ3v) is 5.27. The second-order valence-corrected chi connectivity index (χ2v) is 7.05. The maximum absolute atomic E-state index is 12.4. The molecule has 0 spiro atoms. The second-order valence-electron chi connectivity index (χ2n) is 7.05. The maximum Gasteiger partial charge on any atom is 0.314 e. The van der Waals surface area contributed by atoms with Crippen LogP contribution in [-0.4, -0.2) is 13.1 Å². The van der Waals surface area contributed by atoms with Crippen LogP contribution < -0.4 is 9.47 Å². The van der Waals surface area contributed by atoms with Crippen LogP contribution in [0.15, 0.2) is 48.5 Å². The number of carbonyl (C=O) groups is 1. The molecular formula is C24H26O3. The van der Waals surface area contributed by atoms with Gasteiger partial charge in [-0.1, -0.05) is 25.2 Å². The highest BCUT2D eigenvalue weighted by Gasteiger charge is 2.26. The molecule has 0 aliphatic heterocycles. The molecule has 0 amide bonds. The van der Waals surface area contributed by atoms with Crippen molar-refractivity contribution in [2.24, 2.45) is 11.8 Å². The summed E-state index contributed by atoms with van der Waals surface area (Å²) in [4.78, 5) is 12.4. The summed E-state index contributed by atoms with van der Waals surface area (Å²) in [6.45, 7) is 2.22. The number of ether oxygens (including phenoxy) is 2. The van der Waals surface area contributed by atoms with Gasteiger partial charge in [-0.25, -0.2) is 0 Å². The number of carbonyl (C=O) groups excluding carboxylic acids is 1. The van der Waals surface area contributed by atoms with E-state index in [-0.39, 0.29) is 11.9 Å². The van der Waals surface area contributed by atoms with Crippen molar-refractivity contribution in [3.8, 4) is 23.3 Å². The van der Waals surface area contributed by atoms with Gasteiger partial charge in [0.1, 0.15) is 11.5 Å². The van der Waals surface area contributed by atoms with Gasteiger partial charge in [0.25, 0.3) is 0 Å². The quantitative estimate of drug-likeness (QED) is 0.425. The van der Waals surface area contributed by atoms with Gasteiger partial charge < -0.3 is 9.47 Å². The van der Waals surface area contributed by atoms with Crippen molar-refractivity contribution in [3.63, 3.8) is 0 Å². The number of esters is 1. The molecule has 0 atom stereocenters. The van der Waals surface area contributed by atoms with Crippen molar-refractivity contribution in [2.45, 2.75) is 39.0 Å². The predicted molar refractivity (Wildman–Crippen MR) is 107 cm³/mol. The number of rotatable bonds is 4.